The van der Waals surface area contributed by atoms with Crippen LogP contribution in [-0.4, -0.2) is 31.4 Å². The van der Waals surface area contributed by atoms with Gasteiger partial charge in [-0.3, -0.25) is 10.1 Å². The smallest absolute Gasteiger partial charge is 0.269 e. The maximum absolute atomic E-state index is 10.9. The van der Waals surface area contributed by atoms with E-state index in [1.54, 1.807) is 23.5 Å². The Bertz CT molecular complexity index is 1020. The van der Waals surface area contributed by atoms with E-state index < -0.39 is 4.92 Å². The minimum Gasteiger partial charge on any atom is -0.485 e. The van der Waals surface area contributed by atoms with Crippen LogP contribution in [0.25, 0.3) is 20.2 Å². The number of rotatable bonds is 3. The lowest BCUT2D eigenvalue weighted by Gasteiger charge is -2.18. The van der Waals surface area contributed by atoms with Gasteiger partial charge in [0, 0.05) is 17.5 Å². The lowest BCUT2D eigenvalue weighted by molar-refractivity contribution is -0.384. The summed E-state index contributed by atoms with van der Waals surface area (Å²) in [6.45, 7) is 1.99. The SMILES string of the molecule is O=[N+]([O-])c1ccc(-c2sc(-c3scc4c3OCCO4)c3c2OCCO3)cc1. The van der Waals surface area contributed by atoms with Gasteiger partial charge in [-0.1, -0.05) is 0 Å². The largest absolute Gasteiger partial charge is 0.485 e. The first kappa shape index (κ1) is 16.4. The second kappa shape index (κ2) is 6.43. The summed E-state index contributed by atoms with van der Waals surface area (Å²) in [5.41, 5.74) is 0.903. The molecule has 0 saturated carbocycles. The molecule has 0 spiro atoms. The number of non-ortho nitro benzene ring substituents is 1. The van der Waals surface area contributed by atoms with Crippen LogP contribution in [0.1, 0.15) is 0 Å². The fourth-order valence-electron chi connectivity index (χ4n) is 3.04. The Labute approximate surface area is 161 Å². The first-order valence-corrected chi connectivity index (χ1v) is 9.96. The fraction of sp³-hybridized carbons (Fsp3) is 0.222. The lowest BCUT2D eigenvalue weighted by atomic mass is 10.1. The Balaban J connectivity index is 1.64. The number of ether oxygens (including phenoxy) is 4. The Morgan fingerprint density at radius 1 is 0.815 bits per heavy atom. The van der Waals surface area contributed by atoms with Gasteiger partial charge in [0.15, 0.2) is 23.0 Å². The van der Waals surface area contributed by atoms with Crippen LogP contribution in [0.5, 0.6) is 23.0 Å². The molecule has 0 aliphatic carbocycles. The van der Waals surface area contributed by atoms with Crippen LogP contribution in [0.4, 0.5) is 5.69 Å². The van der Waals surface area contributed by atoms with E-state index in [0.29, 0.717) is 37.9 Å². The summed E-state index contributed by atoms with van der Waals surface area (Å²) >= 11 is 3.07. The van der Waals surface area contributed by atoms with E-state index in [2.05, 4.69) is 0 Å². The molecule has 2 aromatic heterocycles. The second-order valence-corrected chi connectivity index (χ2v) is 7.77. The number of benzene rings is 1. The average Bonchev–Trinajstić information content (AvgIpc) is 3.29. The zero-order chi connectivity index (χ0) is 18.4. The van der Waals surface area contributed by atoms with Gasteiger partial charge in [0.25, 0.3) is 5.69 Å². The zero-order valence-electron chi connectivity index (χ0n) is 13.9. The van der Waals surface area contributed by atoms with Crippen molar-refractivity contribution in [3.63, 3.8) is 0 Å². The van der Waals surface area contributed by atoms with Gasteiger partial charge < -0.3 is 18.9 Å². The van der Waals surface area contributed by atoms with E-state index in [1.165, 1.54) is 23.5 Å². The molecule has 0 atom stereocenters. The Morgan fingerprint density at radius 2 is 1.44 bits per heavy atom. The Kier molecular flexibility index (Phi) is 3.91. The third-order valence-corrected chi connectivity index (χ3v) is 6.55. The molecule has 0 N–H and O–H groups in total. The molecule has 2 aliphatic rings. The van der Waals surface area contributed by atoms with E-state index in [-0.39, 0.29) is 5.69 Å². The number of hydrogen-bond donors (Lipinski definition) is 0. The molecule has 0 saturated heterocycles. The molecule has 5 rings (SSSR count). The standard InChI is InChI=1S/C18H13NO6S2/c20-19(21)11-3-1-10(2-4-11)16-14-15(25-8-7-24-14)18(27-16)17-13-12(9-26-17)22-5-6-23-13/h1-4,9H,5-8H2. The number of nitrogens with zero attached hydrogens (tertiary/aromatic N) is 1. The normalized spacial score (nSPS) is 14.8. The van der Waals surface area contributed by atoms with Crippen LogP contribution < -0.4 is 18.9 Å². The predicted octanol–water partition coefficient (Wildman–Crippen LogP) is 4.59. The second-order valence-electron chi connectivity index (χ2n) is 5.87. The monoisotopic (exact) mass is 403 g/mol. The Morgan fingerprint density at radius 3 is 2.15 bits per heavy atom. The van der Waals surface area contributed by atoms with E-state index in [4.69, 9.17) is 18.9 Å². The Hall–Kier alpha value is -2.78. The van der Waals surface area contributed by atoms with E-state index in [1.807, 2.05) is 5.38 Å². The van der Waals surface area contributed by atoms with Crippen molar-refractivity contribution in [3.05, 3.63) is 39.8 Å². The molecule has 0 bridgehead atoms. The van der Waals surface area contributed by atoms with Crippen molar-refractivity contribution < 1.29 is 23.9 Å². The summed E-state index contributed by atoms with van der Waals surface area (Å²) < 4.78 is 23.3. The van der Waals surface area contributed by atoms with Crippen LogP contribution in [0, 0.1) is 10.1 Å². The summed E-state index contributed by atoms with van der Waals surface area (Å²) in [5.74, 6) is 2.85. The van der Waals surface area contributed by atoms with Crippen molar-refractivity contribution >= 4 is 28.4 Å². The topological polar surface area (TPSA) is 80.1 Å². The van der Waals surface area contributed by atoms with E-state index >= 15 is 0 Å². The number of nitro groups is 1. The first-order chi connectivity index (χ1) is 13.2. The van der Waals surface area contributed by atoms with Gasteiger partial charge in [-0.15, -0.1) is 22.7 Å². The predicted molar refractivity (Wildman–Crippen MR) is 102 cm³/mol. The molecule has 0 radical (unpaired) electrons. The maximum atomic E-state index is 10.9. The van der Waals surface area contributed by atoms with Crippen LogP contribution in [-0.2, 0) is 0 Å². The molecule has 2 aliphatic heterocycles. The van der Waals surface area contributed by atoms with E-state index in [9.17, 15) is 10.1 Å². The van der Waals surface area contributed by atoms with Gasteiger partial charge >= 0.3 is 0 Å². The van der Waals surface area contributed by atoms with Gasteiger partial charge in [-0.05, 0) is 17.7 Å². The first-order valence-electron chi connectivity index (χ1n) is 8.27. The summed E-state index contributed by atoms with van der Waals surface area (Å²) in [4.78, 5) is 13.3. The highest BCUT2D eigenvalue weighted by molar-refractivity contribution is 7.24. The van der Waals surface area contributed by atoms with Crippen molar-refractivity contribution in [1.82, 2.24) is 0 Å². The highest BCUT2D eigenvalue weighted by Crippen LogP contribution is 2.58. The van der Waals surface area contributed by atoms with Crippen molar-refractivity contribution in [1.29, 1.82) is 0 Å². The molecule has 27 heavy (non-hydrogen) atoms. The molecule has 0 fully saturated rings. The minimum absolute atomic E-state index is 0.0550. The fourth-order valence-corrected chi connectivity index (χ4v) is 5.31. The van der Waals surface area contributed by atoms with Crippen LogP contribution >= 0.6 is 22.7 Å². The number of fused-ring (bicyclic) bond motifs is 2. The average molecular weight is 403 g/mol. The molecular weight excluding hydrogens is 390 g/mol. The molecular formula is C18H13NO6S2. The van der Waals surface area contributed by atoms with Gasteiger partial charge in [0.2, 0.25) is 0 Å². The van der Waals surface area contributed by atoms with Gasteiger partial charge in [-0.2, -0.15) is 0 Å². The van der Waals surface area contributed by atoms with Gasteiger partial charge in [0.05, 0.1) is 19.6 Å². The molecule has 7 nitrogen and oxygen atoms in total. The number of thiophene rings is 2. The summed E-state index contributed by atoms with van der Waals surface area (Å²) in [5, 5.41) is 12.9. The summed E-state index contributed by atoms with van der Waals surface area (Å²) in [6.07, 6.45) is 0. The van der Waals surface area contributed by atoms with Gasteiger partial charge in [0.1, 0.15) is 26.4 Å². The van der Waals surface area contributed by atoms with Crippen molar-refractivity contribution in [2.75, 3.05) is 26.4 Å². The molecule has 138 valence electrons. The number of nitro benzene ring substituents is 1. The van der Waals surface area contributed by atoms with Crippen molar-refractivity contribution in [2.45, 2.75) is 0 Å². The molecule has 4 heterocycles. The third-order valence-electron chi connectivity index (χ3n) is 4.25. The van der Waals surface area contributed by atoms with Gasteiger partial charge in [-0.25, -0.2) is 0 Å². The maximum Gasteiger partial charge on any atom is 0.269 e. The summed E-state index contributed by atoms with van der Waals surface area (Å²) in [6, 6.07) is 6.45. The van der Waals surface area contributed by atoms with Crippen LogP contribution in [0.15, 0.2) is 29.6 Å². The molecule has 1 aromatic carbocycles. The molecule has 9 heteroatoms. The van der Waals surface area contributed by atoms with Crippen molar-refractivity contribution in [2.24, 2.45) is 0 Å². The third kappa shape index (κ3) is 2.70. The molecule has 0 unspecified atom stereocenters. The summed E-state index contributed by atoms with van der Waals surface area (Å²) in [7, 11) is 0. The lowest BCUT2D eigenvalue weighted by Crippen LogP contribution is -2.15. The zero-order valence-corrected chi connectivity index (χ0v) is 15.6. The molecule has 3 aromatic rings. The highest BCUT2D eigenvalue weighted by Gasteiger charge is 2.30. The number of hydrogen-bond acceptors (Lipinski definition) is 8. The van der Waals surface area contributed by atoms with E-state index in [0.717, 1.165) is 31.7 Å². The van der Waals surface area contributed by atoms with Crippen molar-refractivity contribution in [3.8, 4) is 43.2 Å². The quantitative estimate of drug-likeness (QED) is 0.470. The highest BCUT2D eigenvalue weighted by atomic mass is 32.1. The molecule has 0 amide bonds. The van der Waals surface area contributed by atoms with Crippen LogP contribution in [0.3, 0.4) is 0 Å². The minimum atomic E-state index is -0.409. The van der Waals surface area contributed by atoms with Crippen LogP contribution in [0.2, 0.25) is 0 Å².